The van der Waals surface area contributed by atoms with Gasteiger partial charge in [0, 0.05) is 22.9 Å². The Kier molecular flexibility index (Phi) is 3.55. The van der Waals surface area contributed by atoms with Crippen LogP contribution in [-0.4, -0.2) is 0 Å². The Morgan fingerprint density at radius 3 is 2.47 bits per heavy atom. The number of hydrogen-bond donors (Lipinski definition) is 2. The smallest absolute Gasteiger partial charge is 0.0406 e. The Morgan fingerprint density at radius 1 is 1.12 bits per heavy atom. The molecule has 0 bridgehead atoms. The van der Waals surface area contributed by atoms with Crippen LogP contribution in [0.25, 0.3) is 0 Å². The van der Waals surface area contributed by atoms with Gasteiger partial charge in [0.1, 0.15) is 0 Å². The van der Waals surface area contributed by atoms with Gasteiger partial charge in [-0.1, -0.05) is 23.7 Å². The third-order valence-electron chi connectivity index (χ3n) is 2.68. The number of nitrogens with one attached hydrogen (secondary N) is 1. The van der Waals surface area contributed by atoms with Crippen molar-refractivity contribution in [2.45, 2.75) is 13.5 Å². The minimum Gasteiger partial charge on any atom is -0.399 e. The molecule has 2 aromatic carbocycles. The summed E-state index contributed by atoms with van der Waals surface area (Å²) in [6, 6.07) is 13.8. The lowest BCUT2D eigenvalue weighted by Crippen LogP contribution is -2.00. The Balaban J connectivity index is 2.02. The minimum atomic E-state index is 0.761. The van der Waals surface area contributed by atoms with Crippen LogP contribution in [0.1, 0.15) is 11.1 Å². The number of hydrogen-bond acceptors (Lipinski definition) is 2. The van der Waals surface area contributed by atoms with Crippen LogP contribution in [0.15, 0.2) is 42.5 Å². The van der Waals surface area contributed by atoms with Gasteiger partial charge in [0.15, 0.2) is 0 Å². The molecule has 0 spiro atoms. The van der Waals surface area contributed by atoms with Crippen LogP contribution in [0.2, 0.25) is 5.02 Å². The third kappa shape index (κ3) is 3.14. The van der Waals surface area contributed by atoms with Crippen molar-refractivity contribution in [2.75, 3.05) is 11.1 Å². The van der Waals surface area contributed by atoms with Gasteiger partial charge in [-0.05, 0) is 48.4 Å². The molecule has 0 heterocycles. The van der Waals surface area contributed by atoms with Crippen molar-refractivity contribution in [3.05, 3.63) is 58.6 Å². The Morgan fingerprint density at radius 2 is 1.82 bits per heavy atom. The van der Waals surface area contributed by atoms with Crippen LogP contribution in [-0.2, 0) is 6.54 Å². The van der Waals surface area contributed by atoms with Crippen LogP contribution in [0.3, 0.4) is 0 Å². The maximum Gasteiger partial charge on any atom is 0.0406 e. The molecular weight excluding hydrogens is 232 g/mol. The van der Waals surface area contributed by atoms with Gasteiger partial charge in [-0.3, -0.25) is 0 Å². The maximum atomic E-state index is 5.83. The van der Waals surface area contributed by atoms with E-state index in [-0.39, 0.29) is 0 Å². The Bertz CT molecular complexity index is 506. The zero-order chi connectivity index (χ0) is 12.3. The highest BCUT2D eigenvalue weighted by atomic mass is 35.5. The highest BCUT2D eigenvalue weighted by molar-refractivity contribution is 6.30. The predicted molar refractivity (Wildman–Crippen MR) is 74.4 cm³/mol. The lowest BCUT2D eigenvalue weighted by molar-refractivity contribution is 1.15. The average molecular weight is 247 g/mol. The van der Waals surface area contributed by atoms with Crippen molar-refractivity contribution >= 4 is 23.0 Å². The summed E-state index contributed by atoms with van der Waals surface area (Å²) in [6.45, 7) is 2.78. The van der Waals surface area contributed by atoms with Crippen molar-refractivity contribution in [3.63, 3.8) is 0 Å². The van der Waals surface area contributed by atoms with Gasteiger partial charge in [0.2, 0.25) is 0 Å². The first-order chi connectivity index (χ1) is 8.15. The second kappa shape index (κ2) is 5.11. The fraction of sp³-hybridized carbons (Fsp3) is 0.143. The van der Waals surface area contributed by atoms with Crippen LogP contribution in [0.5, 0.6) is 0 Å². The normalized spacial score (nSPS) is 10.2. The maximum absolute atomic E-state index is 5.83. The van der Waals surface area contributed by atoms with E-state index in [9.17, 15) is 0 Å². The number of nitrogen functional groups attached to an aromatic ring is 1. The van der Waals surface area contributed by atoms with Crippen molar-refractivity contribution in [2.24, 2.45) is 0 Å². The summed E-state index contributed by atoms with van der Waals surface area (Å²) >= 11 is 5.83. The zero-order valence-electron chi connectivity index (χ0n) is 9.70. The van der Waals surface area contributed by atoms with Crippen molar-refractivity contribution in [3.8, 4) is 0 Å². The molecule has 88 valence electrons. The summed E-state index contributed by atoms with van der Waals surface area (Å²) in [6.07, 6.45) is 0. The first-order valence-electron chi connectivity index (χ1n) is 5.49. The van der Waals surface area contributed by atoms with Crippen LogP contribution in [0, 0.1) is 6.92 Å². The van der Waals surface area contributed by atoms with E-state index in [1.165, 1.54) is 5.56 Å². The Labute approximate surface area is 106 Å². The second-order valence-electron chi connectivity index (χ2n) is 4.05. The molecule has 0 aromatic heterocycles. The topological polar surface area (TPSA) is 38.0 Å². The number of halogens is 1. The summed E-state index contributed by atoms with van der Waals surface area (Å²) in [4.78, 5) is 0. The average Bonchev–Trinajstić information content (AvgIpc) is 2.33. The van der Waals surface area contributed by atoms with Gasteiger partial charge in [-0.2, -0.15) is 0 Å². The predicted octanol–water partition coefficient (Wildman–Crippen LogP) is 3.84. The first kappa shape index (κ1) is 11.8. The molecule has 2 rings (SSSR count). The fourth-order valence-electron chi connectivity index (χ4n) is 1.59. The lowest BCUT2D eigenvalue weighted by atomic mass is 10.1. The van der Waals surface area contributed by atoms with Gasteiger partial charge < -0.3 is 11.1 Å². The van der Waals surface area contributed by atoms with E-state index in [0.29, 0.717) is 0 Å². The standard InChI is InChI=1S/C14H15ClN2/c1-10-8-13(6-7-14(10)16)17-9-11-2-4-12(15)5-3-11/h2-8,17H,9,16H2,1H3. The van der Waals surface area contributed by atoms with Gasteiger partial charge in [0.05, 0.1) is 0 Å². The van der Waals surface area contributed by atoms with E-state index in [0.717, 1.165) is 28.5 Å². The number of nitrogens with two attached hydrogens (primary N) is 1. The summed E-state index contributed by atoms with van der Waals surface area (Å²) < 4.78 is 0. The van der Waals surface area contributed by atoms with Crippen LogP contribution >= 0.6 is 11.6 Å². The van der Waals surface area contributed by atoms with E-state index in [1.54, 1.807) is 0 Å². The molecule has 0 saturated heterocycles. The summed E-state index contributed by atoms with van der Waals surface area (Å²) in [5.74, 6) is 0. The fourth-order valence-corrected chi connectivity index (χ4v) is 1.72. The van der Waals surface area contributed by atoms with Crippen LogP contribution in [0.4, 0.5) is 11.4 Å². The van der Waals surface area contributed by atoms with E-state index in [4.69, 9.17) is 17.3 Å². The van der Waals surface area contributed by atoms with Crippen molar-refractivity contribution < 1.29 is 0 Å². The van der Waals surface area contributed by atoms with E-state index >= 15 is 0 Å². The molecule has 0 aliphatic carbocycles. The van der Waals surface area contributed by atoms with E-state index in [1.807, 2.05) is 49.4 Å². The third-order valence-corrected chi connectivity index (χ3v) is 2.93. The van der Waals surface area contributed by atoms with Crippen LogP contribution < -0.4 is 11.1 Å². The number of rotatable bonds is 3. The van der Waals surface area contributed by atoms with Gasteiger partial charge in [-0.15, -0.1) is 0 Å². The quantitative estimate of drug-likeness (QED) is 0.808. The summed E-state index contributed by atoms with van der Waals surface area (Å²) in [5.41, 5.74) is 9.95. The molecule has 17 heavy (non-hydrogen) atoms. The monoisotopic (exact) mass is 246 g/mol. The molecular formula is C14H15ClN2. The minimum absolute atomic E-state index is 0.761. The molecule has 3 heteroatoms. The number of benzene rings is 2. The molecule has 0 atom stereocenters. The molecule has 0 amide bonds. The summed E-state index contributed by atoms with van der Waals surface area (Å²) in [7, 11) is 0. The largest absolute Gasteiger partial charge is 0.399 e. The molecule has 0 aliphatic heterocycles. The summed E-state index contributed by atoms with van der Waals surface area (Å²) in [5, 5.41) is 4.11. The molecule has 0 fully saturated rings. The van der Waals surface area contributed by atoms with E-state index < -0.39 is 0 Å². The number of aryl methyl sites for hydroxylation is 1. The molecule has 2 aromatic rings. The first-order valence-corrected chi connectivity index (χ1v) is 5.87. The molecule has 0 aliphatic rings. The van der Waals surface area contributed by atoms with Gasteiger partial charge >= 0.3 is 0 Å². The molecule has 3 N–H and O–H groups in total. The van der Waals surface area contributed by atoms with E-state index in [2.05, 4.69) is 5.32 Å². The highest BCUT2D eigenvalue weighted by Crippen LogP contribution is 2.17. The molecule has 0 unspecified atom stereocenters. The number of anilines is 2. The SMILES string of the molecule is Cc1cc(NCc2ccc(Cl)cc2)ccc1N. The molecule has 2 nitrogen and oxygen atoms in total. The highest BCUT2D eigenvalue weighted by Gasteiger charge is 1.97. The van der Waals surface area contributed by atoms with Crippen molar-refractivity contribution in [1.82, 2.24) is 0 Å². The van der Waals surface area contributed by atoms with Crippen molar-refractivity contribution in [1.29, 1.82) is 0 Å². The van der Waals surface area contributed by atoms with Gasteiger partial charge in [0.25, 0.3) is 0 Å². The second-order valence-corrected chi connectivity index (χ2v) is 4.49. The Hall–Kier alpha value is -1.67. The molecule has 0 radical (unpaired) electrons. The lowest BCUT2D eigenvalue weighted by Gasteiger charge is -2.08. The molecule has 0 saturated carbocycles. The zero-order valence-corrected chi connectivity index (χ0v) is 10.5. The van der Waals surface area contributed by atoms with Gasteiger partial charge in [-0.25, -0.2) is 0 Å².